The number of aromatic nitrogens is 2. The van der Waals surface area contributed by atoms with Gasteiger partial charge in [-0.3, -0.25) is 4.79 Å². The standard InChI is InChI=1S/C22H24FN3O3S.CH4/c1-12-19-21(24-11-25-22(19)30-20(12)13(2)27)26-17-9-4-14(23)10-18(17)29-16-7-5-15(28-3)6-8-16;/h4,9-11,15-16H,5-8H2,1-3H3,(H,24,25,26);1H4. The van der Waals surface area contributed by atoms with Gasteiger partial charge < -0.3 is 14.8 Å². The Labute approximate surface area is 185 Å². The van der Waals surface area contributed by atoms with Crippen LogP contribution in [0.3, 0.4) is 0 Å². The Balaban J connectivity index is 0.00000272. The fraction of sp³-hybridized carbons (Fsp3) is 0.435. The van der Waals surface area contributed by atoms with E-state index in [0.29, 0.717) is 22.1 Å². The molecule has 0 amide bonds. The van der Waals surface area contributed by atoms with Crippen LogP contribution in [0.1, 0.15) is 55.3 Å². The van der Waals surface area contributed by atoms with Gasteiger partial charge in [0, 0.05) is 13.2 Å². The van der Waals surface area contributed by atoms with E-state index in [1.165, 1.54) is 29.8 Å². The van der Waals surface area contributed by atoms with Crippen molar-refractivity contribution in [2.24, 2.45) is 0 Å². The van der Waals surface area contributed by atoms with E-state index < -0.39 is 0 Å². The molecule has 1 N–H and O–H groups in total. The number of rotatable bonds is 6. The maximum Gasteiger partial charge on any atom is 0.170 e. The Bertz CT molecular complexity index is 1080. The minimum absolute atomic E-state index is 0. The van der Waals surface area contributed by atoms with Crippen LogP contribution in [0.25, 0.3) is 10.2 Å². The smallest absolute Gasteiger partial charge is 0.170 e. The number of hydrogen-bond donors (Lipinski definition) is 1. The third-order valence-electron chi connectivity index (χ3n) is 5.49. The number of hydrogen-bond acceptors (Lipinski definition) is 7. The molecule has 0 unspecified atom stereocenters. The lowest BCUT2D eigenvalue weighted by molar-refractivity contribution is 0.0329. The second-order valence-electron chi connectivity index (χ2n) is 7.53. The van der Waals surface area contributed by atoms with Crippen molar-refractivity contribution in [3.8, 4) is 5.75 Å². The van der Waals surface area contributed by atoms with Gasteiger partial charge in [-0.2, -0.15) is 0 Å². The predicted octanol–water partition coefficient (Wildman–Crippen LogP) is 6.06. The van der Waals surface area contributed by atoms with Crippen LogP contribution < -0.4 is 10.1 Å². The third-order valence-corrected chi connectivity index (χ3v) is 6.79. The van der Waals surface area contributed by atoms with Gasteiger partial charge in [0.15, 0.2) is 5.78 Å². The van der Waals surface area contributed by atoms with Crippen molar-refractivity contribution in [3.05, 3.63) is 40.8 Å². The molecule has 1 aromatic carbocycles. The Morgan fingerprint density at radius 3 is 2.58 bits per heavy atom. The van der Waals surface area contributed by atoms with Gasteiger partial charge in [0.1, 0.15) is 28.5 Å². The lowest BCUT2D eigenvalue weighted by Gasteiger charge is -2.28. The number of nitrogens with zero attached hydrogens (tertiary/aromatic N) is 2. The molecular weight excluding hydrogens is 417 g/mol. The van der Waals surface area contributed by atoms with Crippen LogP contribution >= 0.6 is 11.3 Å². The molecule has 2 aromatic heterocycles. The van der Waals surface area contributed by atoms with Gasteiger partial charge >= 0.3 is 0 Å². The number of ketones is 1. The molecular formula is C23H28FN3O3S. The molecule has 0 bridgehead atoms. The highest BCUT2D eigenvalue weighted by atomic mass is 32.1. The number of benzene rings is 1. The van der Waals surface area contributed by atoms with E-state index in [0.717, 1.165) is 41.5 Å². The molecule has 1 saturated carbocycles. The van der Waals surface area contributed by atoms with Crippen molar-refractivity contribution in [3.63, 3.8) is 0 Å². The number of thiophene rings is 1. The SMILES string of the molecule is C.COC1CCC(Oc2cc(F)ccc2Nc2ncnc3sc(C(C)=O)c(C)c23)CC1. The topological polar surface area (TPSA) is 73.3 Å². The van der Waals surface area contributed by atoms with Crippen LogP contribution in [0.15, 0.2) is 24.5 Å². The van der Waals surface area contributed by atoms with Crippen molar-refractivity contribution in [1.29, 1.82) is 0 Å². The number of aryl methyl sites for hydroxylation is 1. The predicted molar refractivity (Wildman–Crippen MR) is 122 cm³/mol. The molecule has 4 rings (SSSR count). The van der Waals surface area contributed by atoms with Gasteiger partial charge in [0.05, 0.1) is 28.2 Å². The van der Waals surface area contributed by atoms with Crippen molar-refractivity contribution >= 4 is 38.8 Å². The first-order valence-electron chi connectivity index (χ1n) is 9.97. The number of carbonyl (C=O) groups is 1. The third kappa shape index (κ3) is 4.85. The summed E-state index contributed by atoms with van der Waals surface area (Å²) in [7, 11) is 1.73. The molecule has 31 heavy (non-hydrogen) atoms. The summed E-state index contributed by atoms with van der Waals surface area (Å²) in [5.74, 6) is 0.654. The molecule has 8 heteroatoms. The first kappa shape index (κ1) is 23.1. The fourth-order valence-electron chi connectivity index (χ4n) is 3.89. The molecule has 166 valence electrons. The summed E-state index contributed by atoms with van der Waals surface area (Å²) in [6, 6.07) is 4.43. The van der Waals surface area contributed by atoms with Crippen LogP contribution in [0.5, 0.6) is 5.75 Å². The van der Waals surface area contributed by atoms with Crippen LogP contribution in [0.2, 0.25) is 0 Å². The van der Waals surface area contributed by atoms with Crippen molar-refractivity contribution in [2.75, 3.05) is 12.4 Å². The van der Waals surface area contributed by atoms with Crippen molar-refractivity contribution in [2.45, 2.75) is 59.2 Å². The van der Waals surface area contributed by atoms with Gasteiger partial charge in [0.2, 0.25) is 0 Å². The highest BCUT2D eigenvalue weighted by molar-refractivity contribution is 7.20. The quantitative estimate of drug-likeness (QED) is 0.465. The van der Waals surface area contributed by atoms with E-state index >= 15 is 0 Å². The molecule has 6 nitrogen and oxygen atoms in total. The second kappa shape index (κ2) is 9.70. The lowest BCUT2D eigenvalue weighted by Crippen LogP contribution is -2.27. The summed E-state index contributed by atoms with van der Waals surface area (Å²) in [5, 5.41) is 4.07. The van der Waals surface area contributed by atoms with Crippen molar-refractivity contribution in [1.82, 2.24) is 9.97 Å². The molecule has 1 aliphatic carbocycles. The molecule has 1 aliphatic rings. The summed E-state index contributed by atoms with van der Waals surface area (Å²) in [4.78, 5) is 22.0. The minimum Gasteiger partial charge on any atom is -0.488 e. The number of fused-ring (bicyclic) bond motifs is 1. The van der Waals surface area contributed by atoms with Gasteiger partial charge in [-0.1, -0.05) is 7.43 Å². The Morgan fingerprint density at radius 1 is 1.19 bits per heavy atom. The maximum atomic E-state index is 14.0. The number of anilines is 2. The summed E-state index contributed by atoms with van der Waals surface area (Å²) in [6.07, 6.45) is 5.30. The highest BCUT2D eigenvalue weighted by Gasteiger charge is 2.24. The molecule has 0 saturated heterocycles. The van der Waals surface area contributed by atoms with Gasteiger partial charge in [0.25, 0.3) is 0 Å². The van der Waals surface area contributed by atoms with Crippen LogP contribution in [0, 0.1) is 12.7 Å². The van der Waals surface area contributed by atoms with E-state index in [4.69, 9.17) is 9.47 Å². The first-order chi connectivity index (χ1) is 14.5. The summed E-state index contributed by atoms with van der Waals surface area (Å²) >= 11 is 1.35. The van der Waals surface area contributed by atoms with E-state index in [-0.39, 0.29) is 31.2 Å². The lowest BCUT2D eigenvalue weighted by atomic mass is 9.95. The zero-order valence-corrected chi connectivity index (χ0v) is 18.0. The fourth-order valence-corrected chi connectivity index (χ4v) is 4.94. The number of Topliss-reactive ketones (excluding diaryl/α,β-unsaturated/α-hetero) is 1. The van der Waals surface area contributed by atoms with Gasteiger partial charge in [-0.05, 0) is 57.2 Å². The maximum absolute atomic E-state index is 14.0. The highest BCUT2D eigenvalue weighted by Crippen LogP contribution is 2.37. The zero-order valence-electron chi connectivity index (χ0n) is 17.2. The van der Waals surface area contributed by atoms with E-state index in [2.05, 4.69) is 15.3 Å². The Hall–Kier alpha value is -2.58. The number of nitrogens with one attached hydrogen (secondary N) is 1. The number of carbonyl (C=O) groups excluding carboxylic acids is 1. The number of methoxy groups -OCH3 is 1. The largest absolute Gasteiger partial charge is 0.488 e. The summed E-state index contributed by atoms with van der Waals surface area (Å²) in [5.41, 5.74) is 1.47. The number of ether oxygens (including phenoxy) is 2. The van der Waals surface area contributed by atoms with Crippen LogP contribution in [-0.2, 0) is 4.74 Å². The first-order valence-corrected chi connectivity index (χ1v) is 10.8. The molecule has 0 aliphatic heterocycles. The average Bonchev–Trinajstić information content (AvgIpc) is 3.08. The molecule has 3 aromatic rings. The number of halogens is 1. The van der Waals surface area contributed by atoms with E-state index in [1.54, 1.807) is 20.1 Å². The summed E-state index contributed by atoms with van der Waals surface area (Å²) in [6.45, 7) is 3.43. The summed E-state index contributed by atoms with van der Waals surface area (Å²) < 4.78 is 25.6. The van der Waals surface area contributed by atoms with Crippen LogP contribution in [0.4, 0.5) is 15.9 Å². The molecule has 0 radical (unpaired) electrons. The average molecular weight is 446 g/mol. The zero-order chi connectivity index (χ0) is 21.3. The molecule has 2 heterocycles. The second-order valence-corrected chi connectivity index (χ2v) is 8.53. The van der Waals surface area contributed by atoms with E-state index in [9.17, 15) is 9.18 Å². The normalized spacial score (nSPS) is 18.5. The van der Waals surface area contributed by atoms with E-state index in [1.807, 2.05) is 6.92 Å². The van der Waals surface area contributed by atoms with Gasteiger partial charge in [-0.25, -0.2) is 14.4 Å². The van der Waals surface area contributed by atoms with Crippen LogP contribution in [-0.4, -0.2) is 35.1 Å². The molecule has 1 fully saturated rings. The monoisotopic (exact) mass is 445 g/mol. The van der Waals surface area contributed by atoms with Gasteiger partial charge in [-0.15, -0.1) is 11.3 Å². The Morgan fingerprint density at radius 2 is 1.90 bits per heavy atom. The molecule has 0 spiro atoms. The minimum atomic E-state index is -0.362. The van der Waals surface area contributed by atoms with Crippen molar-refractivity contribution < 1.29 is 18.7 Å². The molecule has 0 atom stereocenters. The Kier molecular flexibility index (Phi) is 7.23.